The molecule has 3 rings (SSSR count). The van der Waals surface area contributed by atoms with Crippen molar-refractivity contribution in [2.24, 2.45) is 0 Å². The van der Waals surface area contributed by atoms with Crippen LogP contribution in [0.15, 0.2) is 24.4 Å². The molecule has 2 heterocycles. The number of hydrogen-bond donors (Lipinski definition) is 0. The van der Waals surface area contributed by atoms with Crippen LogP contribution in [0.1, 0.15) is 11.1 Å². The molecule has 0 saturated heterocycles. The molecule has 1 aliphatic rings. The summed E-state index contributed by atoms with van der Waals surface area (Å²) < 4.78 is 49.8. The Hall–Kier alpha value is -1.50. The van der Waals surface area contributed by atoms with Crippen molar-refractivity contribution in [1.29, 1.82) is 0 Å². The molecule has 1 aliphatic heterocycles. The van der Waals surface area contributed by atoms with Crippen molar-refractivity contribution in [3.63, 3.8) is 0 Å². The molecular formula is C16H12Cl2F3NO2. The minimum absolute atomic E-state index is 0.200. The van der Waals surface area contributed by atoms with E-state index in [0.717, 1.165) is 0 Å². The van der Waals surface area contributed by atoms with E-state index in [1.807, 2.05) is 0 Å². The molecule has 0 fully saturated rings. The molecule has 1 atom stereocenters. The Kier molecular flexibility index (Phi) is 4.64. The summed E-state index contributed by atoms with van der Waals surface area (Å²) in [6, 6.07) is 4.64. The lowest BCUT2D eigenvalue weighted by Gasteiger charge is -2.26. The number of rotatable bonds is 1. The molecule has 1 aromatic carbocycles. The zero-order valence-corrected chi connectivity index (χ0v) is 14.0. The highest BCUT2D eigenvalue weighted by atomic mass is 35.5. The van der Waals surface area contributed by atoms with Gasteiger partial charge in [-0.1, -0.05) is 29.3 Å². The first-order chi connectivity index (χ1) is 11.3. The zero-order valence-electron chi connectivity index (χ0n) is 12.5. The molecule has 0 unspecified atom stereocenters. The van der Waals surface area contributed by atoms with E-state index in [9.17, 15) is 13.2 Å². The fourth-order valence-corrected chi connectivity index (χ4v) is 3.08. The van der Waals surface area contributed by atoms with Crippen molar-refractivity contribution >= 4 is 23.2 Å². The molecule has 0 saturated carbocycles. The van der Waals surface area contributed by atoms with Crippen molar-refractivity contribution in [2.75, 3.05) is 7.11 Å². The molecule has 3 nitrogen and oxygen atoms in total. The fraction of sp³-hybridized carbons (Fsp3) is 0.312. The molecule has 24 heavy (non-hydrogen) atoms. The Morgan fingerprint density at radius 1 is 1.25 bits per heavy atom. The van der Waals surface area contributed by atoms with Gasteiger partial charge in [-0.2, -0.15) is 13.2 Å². The van der Waals surface area contributed by atoms with Crippen LogP contribution < -0.4 is 4.74 Å². The quantitative estimate of drug-likeness (QED) is 0.695. The van der Waals surface area contributed by atoms with Gasteiger partial charge in [0.2, 0.25) is 5.88 Å². The lowest BCUT2D eigenvalue weighted by molar-refractivity contribution is -0.223. The van der Waals surface area contributed by atoms with Crippen molar-refractivity contribution < 1.29 is 22.6 Å². The summed E-state index contributed by atoms with van der Waals surface area (Å²) in [5, 5.41) is 0.466. The fourth-order valence-electron chi connectivity index (χ4n) is 2.64. The second kappa shape index (κ2) is 6.43. The van der Waals surface area contributed by atoms with Gasteiger partial charge in [0, 0.05) is 29.8 Å². The highest BCUT2D eigenvalue weighted by molar-refractivity contribution is 6.43. The largest absolute Gasteiger partial charge is 0.481 e. The van der Waals surface area contributed by atoms with Gasteiger partial charge in [0.1, 0.15) is 0 Å². The summed E-state index contributed by atoms with van der Waals surface area (Å²) in [6.07, 6.45) is -5.34. The van der Waals surface area contributed by atoms with E-state index in [-0.39, 0.29) is 23.1 Å². The first-order valence-corrected chi connectivity index (χ1v) is 7.75. The van der Waals surface area contributed by atoms with Gasteiger partial charge in [-0.05, 0) is 17.2 Å². The smallest absolute Gasteiger partial charge is 0.414 e. The third kappa shape index (κ3) is 3.18. The van der Waals surface area contributed by atoms with Crippen molar-refractivity contribution in [3.8, 4) is 17.0 Å². The van der Waals surface area contributed by atoms with Gasteiger partial charge in [0.25, 0.3) is 0 Å². The van der Waals surface area contributed by atoms with E-state index in [0.29, 0.717) is 28.1 Å². The number of ether oxygens (including phenoxy) is 2. The minimum atomic E-state index is -4.49. The van der Waals surface area contributed by atoms with Crippen LogP contribution in [0.3, 0.4) is 0 Å². The molecule has 0 radical (unpaired) electrons. The van der Waals surface area contributed by atoms with Crippen LogP contribution in [0, 0.1) is 0 Å². The predicted molar refractivity (Wildman–Crippen MR) is 84.6 cm³/mol. The van der Waals surface area contributed by atoms with E-state index < -0.39 is 12.3 Å². The van der Waals surface area contributed by atoms with Crippen LogP contribution >= 0.6 is 23.2 Å². The standard InChI is InChI=1S/C16H12Cl2F3NO2/c1-23-13-5-10-9(6-22-13)7-24-12(16(19,20)21)4-8-2-3-11(17)15(18)14(8)10/h2-3,5-6,12H,4,7H2,1H3/t12-/m0/s1. The maximum atomic E-state index is 13.2. The molecule has 0 N–H and O–H groups in total. The molecule has 0 spiro atoms. The van der Waals surface area contributed by atoms with Gasteiger partial charge in [0.05, 0.1) is 23.8 Å². The van der Waals surface area contributed by atoms with Gasteiger partial charge < -0.3 is 9.47 Å². The molecule has 2 aromatic rings. The van der Waals surface area contributed by atoms with E-state index >= 15 is 0 Å². The number of hydrogen-bond acceptors (Lipinski definition) is 3. The van der Waals surface area contributed by atoms with Crippen LogP contribution in [0.4, 0.5) is 13.2 Å². The van der Waals surface area contributed by atoms with Gasteiger partial charge in [-0.3, -0.25) is 0 Å². The van der Waals surface area contributed by atoms with Crippen LogP contribution in [0.25, 0.3) is 11.1 Å². The second-order valence-electron chi connectivity index (χ2n) is 5.32. The second-order valence-corrected chi connectivity index (χ2v) is 6.11. The Bertz CT molecular complexity index is 781. The van der Waals surface area contributed by atoms with E-state index in [1.165, 1.54) is 25.4 Å². The van der Waals surface area contributed by atoms with Gasteiger partial charge >= 0.3 is 6.18 Å². The van der Waals surface area contributed by atoms with Crippen LogP contribution in [-0.2, 0) is 17.8 Å². The SMILES string of the molecule is COc1cc2c(cn1)CO[C@H](C(F)(F)F)Cc1ccc(Cl)c(Cl)c1-2. The van der Waals surface area contributed by atoms with Crippen molar-refractivity contribution in [2.45, 2.75) is 25.3 Å². The van der Waals surface area contributed by atoms with E-state index in [4.69, 9.17) is 32.7 Å². The minimum Gasteiger partial charge on any atom is -0.481 e. The van der Waals surface area contributed by atoms with Crippen LogP contribution in [0.2, 0.25) is 10.0 Å². The van der Waals surface area contributed by atoms with E-state index in [2.05, 4.69) is 4.98 Å². The van der Waals surface area contributed by atoms with Crippen LogP contribution in [0.5, 0.6) is 5.88 Å². The topological polar surface area (TPSA) is 31.4 Å². The summed E-state index contributed by atoms with van der Waals surface area (Å²) >= 11 is 12.4. The summed E-state index contributed by atoms with van der Waals surface area (Å²) in [6.45, 7) is -0.237. The van der Waals surface area contributed by atoms with Crippen LogP contribution in [-0.4, -0.2) is 24.4 Å². The summed E-state index contributed by atoms with van der Waals surface area (Å²) in [5.74, 6) is 0.323. The first-order valence-electron chi connectivity index (χ1n) is 6.99. The third-order valence-corrected chi connectivity index (χ3v) is 4.64. The number of pyridine rings is 1. The number of aromatic nitrogens is 1. The number of fused-ring (bicyclic) bond motifs is 3. The maximum absolute atomic E-state index is 13.2. The molecule has 8 heteroatoms. The highest BCUT2D eigenvalue weighted by Crippen LogP contribution is 2.42. The molecular weight excluding hydrogens is 366 g/mol. The number of benzene rings is 1. The van der Waals surface area contributed by atoms with E-state index in [1.54, 1.807) is 6.07 Å². The van der Waals surface area contributed by atoms with Crippen molar-refractivity contribution in [1.82, 2.24) is 4.98 Å². The Morgan fingerprint density at radius 3 is 2.67 bits per heavy atom. The Labute approximate surface area is 146 Å². The third-order valence-electron chi connectivity index (χ3n) is 3.83. The molecule has 0 aliphatic carbocycles. The average Bonchev–Trinajstić information content (AvgIpc) is 2.51. The van der Waals surface area contributed by atoms with Gasteiger partial charge in [-0.15, -0.1) is 0 Å². The molecule has 0 bridgehead atoms. The summed E-state index contributed by atoms with van der Waals surface area (Å²) in [5.41, 5.74) is 1.94. The summed E-state index contributed by atoms with van der Waals surface area (Å²) in [4.78, 5) is 4.04. The maximum Gasteiger partial charge on any atom is 0.414 e. The highest BCUT2D eigenvalue weighted by Gasteiger charge is 2.42. The lowest BCUT2D eigenvalue weighted by Crippen LogP contribution is -2.34. The zero-order chi connectivity index (χ0) is 17.5. The normalized spacial score (nSPS) is 17.5. The average molecular weight is 378 g/mol. The van der Waals surface area contributed by atoms with Gasteiger partial charge in [0.15, 0.2) is 6.10 Å². The number of halogens is 5. The number of methoxy groups -OCH3 is 1. The van der Waals surface area contributed by atoms with Crippen molar-refractivity contribution in [3.05, 3.63) is 45.6 Å². The Morgan fingerprint density at radius 2 is 2.00 bits per heavy atom. The predicted octanol–water partition coefficient (Wildman–Crippen LogP) is 5.07. The molecule has 128 valence electrons. The first kappa shape index (κ1) is 17.3. The Balaban J connectivity index is 2.23. The van der Waals surface area contributed by atoms with Gasteiger partial charge in [-0.25, -0.2) is 4.98 Å². The lowest BCUT2D eigenvalue weighted by atomic mass is 9.92. The molecule has 0 amide bonds. The monoisotopic (exact) mass is 377 g/mol. The summed E-state index contributed by atoms with van der Waals surface area (Å²) in [7, 11) is 1.45. The number of nitrogens with zero attached hydrogens (tertiary/aromatic N) is 1. The molecule has 1 aromatic heterocycles. The number of alkyl halides is 3.